The summed E-state index contributed by atoms with van der Waals surface area (Å²) in [5, 5.41) is 18.9. The molecule has 1 atom stereocenters. The summed E-state index contributed by atoms with van der Waals surface area (Å²) in [6, 6.07) is 1.94. The predicted molar refractivity (Wildman–Crippen MR) is 70.6 cm³/mol. The number of hydrogen-bond donors (Lipinski definition) is 1. The largest absolute Gasteiger partial charge is 0.501 e. The molecule has 1 aliphatic heterocycles. The van der Waals surface area contributed by atoms with Gasteiger partial charge >= 0.3 is 15.9 Å². The van der Waals surface area contributed by atoms with E-state index in [0.29, 0.717) is 0 Å². The zero-order chi connectivity index (χ0) is 15.9. The van der Waals surface area contributed by atoms with Gasteiger partial charge in [-0.2, -0.15) is 8.42 Å². The molecular weight excluding hydrogens is 331 g/mol. The minimum absolute atomic E-state index is 0.131. The van der Waals surface area contributed by atoms with Gasteiger partial charge in [-0.05, 0) is 6.07 Å². The summed E-state index contributed by atoms with van der Waals surface area (Å²) in [5.74, 6) is -1.62. The van der Waals surface area contributed by atoms with Gasteiger partial charge in [-0.15, -0.1) is 3.89 Å². The normalized spacial score (nSPS) is 19.0. The molecule has 1 unspecified atom stereocenters. The zero-order valence-electron chi connectivity index (χ0n) is 10.2. The Hall–Kier alpha value is -1.94. The molecule has 1 heterocycles. The lowest BCUT2D eigenvalue weighted by Crippen LogP contribution is -2.27. The van der Waals surface area contributed by atoms with Crippen molar-refractivity contribution in [3.05, 3.63) is 27.3 Å². The SMILES string of the molecule is O=C1CC(S(=O)(=O)F)CN1c1cc(Cl)cc([N+](=O)[O-])c1O. The van der Waals surface area contributed by atoms with Crippen molar-refractivity contribution in [1.82, 2.24) is 0 Å². The van der Waals surface area contributed by atoms with Crippen LogP contribution in [0, 0.1) is 10.1 Å². The second-order valence-corrected chi connectivity index (χ2v) is 6.41. The maximum Gasteiger partial charge on any atom is 0.314 e. The molecule has 1 amide bonds. The van der Waals surface area contributed by atoms with Gasteiger partial charge in [-0.3, -0.25) is 14.9 Å². The number of amides is 1. The molecule has 21 heavy (non-hydrogen) atoms. The van der Waals surface area contributed by atoms with Crippen molar-refractivity contribution in [3.8, 4) is 5.75 Å². The monoisotopic (exact) mass is 338 g/mol. The molecular formula is C10H8ClFN2O6S. The highest BCUT2D eigenvalue weighted by Crippen LogP contribution is 2.41. The first kappa shape index (κ1) is 15.4. The van der Waals surface area contributed by atoms with Crippen LogP contribution in [-0.2, 0) is 15.0 Å². The summed E-state index contributed by atoms with van der Waals surface area (Å²) in [4.78, 5) is 22.4. The number of phenols is 1. The van der Waals surface area contributed by atoms with Crippen LogP contribution in [0.15, 0.2) is 12.1 Å². The van der Waals surface area contributed by atoms with E-state index in [9.17, 15) is 32.3 Å². The molecule has 1 fully saturated rings. The Morgan fingerprint density at radius 3 is 2.57 bits per heavy atom. The molecule has 0 aromatic heterocycles. The fraction of sp³-hybridized carbons (Fsp3) is 0.300. The van der Waals surface area contributed by atoms with Crippen LogP contribution in [0.5, 0.6) is 5.75 Å². The lowest BCUT2D eigenvalue weighted by Gasteiger charge is -2.17. The van der Waals surface area contributed by atoms with Gasteiger partial charge in [0, 0.05) is 24.1 Å². The molecule has 0 saturated carbocycles. The first-order valence-electron chi connectivity index (χ1n) is 5.52. The Kier molecular flexibility index (Phi) is 3.76. The average molecular weight is 339 g/mol. The van der Waals surface area contributed by atoms with Crippen LogP contribution in [0.1, 0.15) is 6.42 Å². The van der Waals surface area contributed by atoms with Crippen LogP contribution in [0.4, 0.5) is 15.3 Å². The van der Waals surface area contributed by atoms with Crippen LogP contribution in [0.2, 0.25) is 5.02 Å². The number of carbonyl (C=O) groups excluding carboxylic acids is 1. The number of benzene rings is 1. The van der Waals surface area contributed by atoms with Gasteiger partial charge in [-0.1, -0.05) is 11.6 Å². The van der Waals surface area contributed by atoms with Gasteiger partial charge in [0.2, 0.25) is 11.7 Å². The smallest absolute Gasteiger partial charge is 0.314 e. The number of halogens is 2. The van der Waals surface area contributed by atoms with Crippen molar-refractivity contribution < 1.29 is 27.1 Å². The van der Waals surface area contributed by atoms with E-state index in [0.717, 1.165) is 17.0 Å². The third-order valence-corrected chi connectivity index (χ3v) is 4.34. The number of aromatic hydroxyl groups is 1. The Balaban J connectivity index is 2.48. The molecule has 0 spiro atoms. The fourth-order valence-electron chi connectivity index (χ4n) is 2.01. The number of rotatable bonds is 3. The lowest BCUT2D eigenvalue weighted by molar-refractivity contribution is -0.385. The molecule has 1 N–H and O–H groups in total. The maximum atomic E-state index is 12.9. The third kappa shape index (κ3) is 2.90. The molecule has 114 valence electrons. The van der Waals surface area contributed by atoms with E-state index in [2.05, 4.69) is 0 Å². The van der Waals surface area contributed by atoms with Crippen LogP contribution >= 0.6 is 11.6 Å². The van der Waals surface area contributed by atoms with E-state index in [1.54, 1.807) is 0 Å². The summed E-state index contributed by atoms with van der Waals surface area (Å²) in [6.07, 6.45) is -0.613. The van der Waals surface area contributed by atoms with Crippen molar-refractivity contribution >= 4 is 39.1 Å². The molecule has 0 aliphatic carbocycles. The molecule has 1 aromatic carbocycles. The maximum absolute atomic E-state index is 12.9. The van der Waals surface area contributed by atoms with Gasteiger partial charge in [-0.25, -0.2) is 0 Å². The number of nitrogens with zero attached hydrogens (tertiary/aromatic N) is 2. The van der Waals surface area contributed by atoms with E-state index in [4.69, 9.17) is 11.6 Å². The summed E-state index contributed by atoms with van der Waals surface area (Å²) in [6.45, 7) is -0.553. The van der Waals surface area contributed by atoms with Crippen molar-refractivity contribution in [3.63, 3.8) is 0 Å². The minimum Gasteiger partial charge on any atom is -0.501 e. The number of carbonyl (C=O) groups is 1. The summed E-state index contributed by atoms with van der Waals surface area (Å²) < 4.78 is 34.6. The van der Waals surface area contributed by atoms with E-state index in [1.807, 2.05) is 0 Å². The van der Waals surface area contributed by atoms with Crippen LogP contribution in [0.3, 0.4) is 0 Å². The van der Waals surface area contributed by atoms with E-state index < -0.39 is 50.7 Å². The Bertz CT molecular complexity index is 737. The molecule has 0 radical (unpaired) electrons. The predicted octanol–water partition coefficient (Wildman–Crippen LogP) is 1.36. The average Bonchev–Trinajstić information content (AvgIpc) is 2.73. The first-order valence-corrected chi connectivity index (χ1v) is 7.34. The van der Waals surface area contributed by atoms with Gasteiger partial charge in [0.25, 0.3) is 0 Å². The molecule has 11 heteroatoms. The highest BCUT2D eigenvalue weighted by atomic mass is 35.5. The van der Waals surface area contributed by atoms with Gasteiger partial charge in [0.15, 0.2) is 0 Å². The van der Waals surface area contributed by atoms with Gasteiger partial charge in [0.05, 0.1) is 10.6 Å². The molecule has 1 aromatic rings. The first-order chi connectivity index (χ1) is 9.61. The van der Waals surface area contributed by atoms with Crippen molar-refractivity contribution in [2.24, 2.45) is 0 Å². The van der Waals surface area contributed by atoms with Crippen molar-refractivity contribution in [2.45, 2.75) is 11.7 Å². The number of phenolic OH excluding ortho intramolecular Hbond substituents is 1. The number of hydrogen-bond acceptors (Lipinski definition) is 6. The van der Waals surface area contributed by atoms with Gasteiger partial charge in [0.1, 0.15) is 5.25 Å². The topological polar surface area (TPSA) is 118 Å². The van der Waals surface area contributed by atoms with Crippen LogP contribution in [-0.4, -0.2) is 36.1 Å². The Morgan fingerprint density at radius 1 is 1.48 bits per heavy atom. The van der Waals surface area contributed by atoms with Crippen LogP contribution < -0.4 is 4.90 Å². The number of anilines is 1. The van der Waals surface area contributed by atoms with E-state index in [-0.39, 0.29) is 10.7 Å². The van der Waals surface area contributed by atoms with Gasteiger partial charge < -0.3 is 10.0 Å². The highest BCUT2D eigenvalue weighted by Gasteiger charge is 2.40. The molecule has 1 saturated heterocycles. The molecule has 0 bridgehead atoms. The lowest BCUT2D eigenvalue weighted by atomic mass is 10.2. The van der Waals surface area contributed by atoms with E-state index >= 15 is 0 Å². The third-order valence-electron chi connectivity index (χ3n) is 3.01. The van der Waals surface area contributed by atoms with Crippen molar-refractivity contribution in [2.75, 3.05) is 11.4 Å². The summed E-state index contributed by atoms with van der Waals surface area (Å²) in [7, 11) is -4.94. The molecule has 1 aliphatic rings. The quantitative estimate of drug-likeness (QED) is 0.505. The summed E-state index contributed by atoms with van der Waals surface area (Å²) in [5.41, 5.74) is -1.07. The van der Waals surface area contributed by atoms with Crippen molar-refractivity contribution in [1.29, 1.82) is 0 Å². The highest BCUT2D eigenvalue weighted by molar-refractivity contribution is 7.87. The number of nitro groups is 1. The standard InChI is InChI=1S/C10H8ClFN2O6S/c11-5-1-7(10(16)8(2-5)14(17)18)13-4-6(3-9(13)15)21(12,19)20/h1-2,6,16H,3-4H2. The second kappa shape index (κ2) is 5.11. The number of nitro benzene ring substituents is 1. The molecule has 2 rings (SSSR count). The zero-order valence-corrected chi connectivity index (χ0v) is 11.8. The Morgan fingerprint density at radius 2 is 2.10 bits per heavy atom. The Labute approximate surface area is 123 Å². The summed E-state index contributed by atoms with van der Waals surface area (Å²) >= 11 is 5.67. The van der Waals surface area contributed by atoms with Crippen LogP contribution in [0.25, 0.3) is 0 Å². The van der Waals surface area contributed by atoms with E-state index in [1.165, 1.54) is 0 Å². The minimum atomic E-state index is -4.94. The second-order valence-electron chi connectivity index (χ2n) is 4.36. The fourth-order valence-corrected chi connectivity index (χ4v) is 2.89. The molecule has 8 nitrogen and oxygen atoms in total.